The first-order valence-electron chi connectivity index (χ1n) is 6.76. The first kappa shape index (κ1) is 13.5. The second kappa shape index (κ2) is 5.79. The molecule has 1 N–H and O–H groups in total. The van der Waals surface area contributed by atoms with E-state index in [1.165, 1.54) is 11.1 Å². The second-order valence-electron chi connectivity index (χ2n) is 5.22. The molecule has 1 aromatic carbocycles. The smallest absolute Gasteiger partial charge is 0.248 e. The van der Waals surface area contributed by atoms with Crippen LogP contribution in [0.5, 0.6) is 0 Å². The predicted octanol–water partition coefficient (Wildman–Crippen LogP) is 3.77. The predicted molar refractivity (Wildman–Crippen MR) is 69.8 cm³/mol. The standard InChI is InChI=1S/C15H21F2N/c1-2-13-5-3-4-6-14(13)11-18-10-12-7-8-15(16,17)9-12/h3-6,12,18H,2,7-11H2,1H3. The molecular formula is C15H21F2N. The van der Waals surface area contributed by atoms with Crippen LogP contribution < -0.4 is 5.32 Å². The van der Waals surface area contributed by atoms with Gasteiger partial charge in [0.2, 0.25) is 5.92 Å². The summed E-state index contributed by atoms with van der Waals surface area (Å²) < 4.78 is 26.1. The molecule has 2 rings (SSSR count). The van der Waals surface area contributed by atoms with Gasteiger partial charge in [-0.3, -0.25) is 0 Å². The topological polar surface area (TPSA) is 12.0 Å². The van der Waals surface area contributed by atoms with Crippen LogP contribution >= 0.6 is 0 Å². The molecule has 0 radical (unpaired) electrons. The molecule has 1 nitrogen and oxygen atoms in total. The fourth-order valence-electron chi connectivity index (χ4n) is 2.70. The van der Waals surface area contributed by atoms with E-state index in [0.717, 1.165) is 13.0 Å². The van der Waals surface area contributed by atoms with E-state index in [-0.39, 0.29) is 18.8 Å². The summed E-state index contributed by atoms with van der Waals surface area (Å²) >= 11 is 0. The lowest BCUT2D eigenvalue weighted by Gasteiger charge is -2.13. The van der Waals surface area contributed by atoms with Gasteiger partial charge in [0.25, 0.3) is 0 Å². The van der Waals surface area contributed by atoms with Crippen molar-refractivity contribution >= 4 is 0 Å². The van der Waals surface area contributed by atoms with Gasteiger partial charge in [0, 0.05) is 19.4 Å². The van der Waals surface area contributed by atoms with Gasteiger partial charge in [-0.05, 0) is 36.4 Å². The minimum Gasteiger partial charge on any atom is -0.312 e. The number of rotatable bonds is 5. The maximum atomic E-state index is 13.0. The number of aryl methyl sites for hydroxylation is 1. The van der Waals surface area contributed by atoms with Crippen molar-refractivity contribution in [3.8, 4) is 0 Å². The van der Waals surface area contributed by atoms with E-state index in [4.69, 9.17) is 0 Å². The number of hydrogen-bond acceptors (Lipinski definition) is 1. The molecule has 0 saturated heterocycles. The van der Waals surface area contributed by atoms with Crippen molar-refractivity contribution in [3.63, 3.8) is 0 Å². The molecule has 1 atom stereocenters. The molecule has 0 bridgehead atoms. The van der Waals surface area contributed by atoms with Crippen molar-refractivity contribution in [1.82, 2.24) is 5.32 Å². The Bertz CT molecular complexity index is 390. The molecule has 1 saturated carbocycles. The highest BCUT2D eigenvalue weighted by atomic mass is 19.3. The fourth-order valence-corrected chi connectivity index (χ4v) is 2.70. The average molecular weight is 253 g/mol. The van der Waals surface area contributed by atoms with Crippen molar-refractivity contribution in [2.45, 2.75) is 45.1 Å². The Kier molecular flexibility index (Phi) is 4.33. The first-order valence-corrected chi connectivity index (χ1v) is 6.76. The minimum absolute atomic E-state index is 0.0510. The molecule has 18 heavy (non-hydrogen) atoms. The maximum Gasteiger partial charge on any atom is 0.248 e. The molecule has 0 spiro atoms. The summed E-state index contributed by atoms with van der Waals surface area (Å²) in [6.45, 7) is 3.62. The molecule has 1 aromatic rings. The zero-order valence-electron chi connectivity index (χ0n) is 10.9. The molecular weight excluding hydrogens is 232 g/mol. The summed E-state index contributed by atoms with van der Waals surface area (Å²) in [5.74, 6) is -2.29. The average Bonchev–Trinajstić information content (AvgIpc) is 2.69. The summed E-state index contributed by atoms with van der Waals surface area (Å²) in [5.41, 5.74) is 2.62. The Balaban J connectivity index is 1.79. The number of nitrogens with one attached hydrogen (secondary N) is 1. The molecule has 100 valence electrons. The van der Waals surface area contributed by atoms with Crippen LogP contribution in [-0.2, 0) is 13.0 Å². The summed E-state index contributed by atoms with van der Waals surface area (Å²) in [6.07, 6.45) is 1.77. The molecule has 0 aromatic heterocycles. The number of alkyl halides is 2. The molecule has 0 amide bonds. The molecule has 0 heterocycles. The van der Waals surface area contributed by atoms with E-state index in [0.29, 0.717) is 13.0 Å². The zero-order valence-corrected chi connectivity index (χ0v) is 10.9. The van der Waals surface area contributed by atoms with Gasteiger partial charge in [0.1, 0.15) is 0 Å². The minimum atomic E-state index is -2.42. The highest BCUT2D eigenvalue weighted by Crippen LogP contribution is 2.38. The molecule has 3 heteroatoms. The van der Waals surface area contributed by atoms with Gasteiger partial charge in [-0.25, -0.2) is 8.78 Å². The van der Waals surface area contributed by atoms with Gasteiger partial charge in [-0.2, -0.15) is 0 Å². The molecule has 0 aliphatic heterocycles. The SMILES string of the molecule is CCc1ccccc1CNCC1CCC(F)(F)C1. The molecule has 1 fully saturated rings. The number of halogens is 2. The van der Waals surface area contributed by atoms with Gasteiger partial charge in [0.05, 0.1) is 0 Å². The zero-order chi connectivity index (χ0) is 13.0. The van der Waals surface area contributed by atoms with Crippen LogP contribution in [0.3, 0.4) is 0 Å². The van der Waals surface area contributed by atoms with Crippen LogP contribution in [0.15, 0.2) is 24.3 Å². The molecule has 1 unspecified atom stereocenters. The molecule has 1 aliphatic carbocycles. The first-order chi connectivity index (χ1) is 8.61. The van der Waals surface area contributed by atoms with Crippen LogP contribution in [0.1, 0.15) is 37.3 Å². The van der Waals surface area contributed by atoms with E-state index in [1.54, 1.807) is 0 Å². The van der Waals surface area contributed by atoms with Gasteiger partial charge in [-0.1, -0.05) is 31.2 Å². The van der Waals surface area contributed by atoms with Crippen LogP contribution in [0.4, 0.5) is 8.78 Å². The fraction of sp³-hybridized carbons (Fsp3) is 0.600. The van der Waals surface area contributed by atoms with Gasteiger partial charge < -0.3 is 5.32 Å². The lowest BCUT2D eigenvalue weighted by Crippen LogP contribution is -2.22. The monoisotopic (exact) mass is 253 g/mol. The van der Waals surface area contributed by atoms with Crippen LogP contribution in [-0.4, -0.2) is 12.5 Å². The Labute approximate surface area is 108 Å². The highest BCUT2D eigenvalue weighted by molar-refractivity contribution is 5.26. The summed E-state index contributed by atoms with van der Waals surface area (Å²) in [7, 11) is 0. The van der Waals surface area contributed by atoms with Gasteiger partial charge >= 0.3 is 0 Å². The van der Waals surface area contributed by atoms with E-state index in [9.17, 15) is 8.78 Å². The Hall–Kier alpha value is -0.960. The second-order valence-corrected chi connectivity index (χ2v) is 5.22. The van der Waals surface area contributed by atoms with Crippen molar-refractivity contribution < 1.29 is 8.78 Å². The van der Waals surface area contributed by atoms with Crippen molar-refractivity contribution in [3.05, 3.63) is 35.4 Å². The highest BCUT2D eigenvalue weighted by Gasteiger charge is 2.38. The van der Waals surface area contributed by atoms with Crippen molar-refractivity contribution in [2.24, 2.45) is 5.92 Å². The van der Waals surface area contributed by atoms with Crippen molar-refractivity contribution in [1.29, 1.82) is 0 Å². The number of hydrogen-bond donors (Lipinski definition) is 1. The Morgan fingerprint density at radius 1 is 1.28 bits per heavy atom. The quantitative estimate of drug-likeness (QED) is 0.842. The normalized spacial score (nSPS) is 22.3. The Morgan fingerprint density at radius 3 is 2.61 bits per heavy atom. The number of benzene rings is 1. The summed E-state index contributed by atoms with van der Waals surface area (Å²) in [6, 6.07) is 8.30. The third kappa shape index (κ3) is 3.52. The molecule has 1 aliphatic rings. The summed E-state index contributed by atoms with van der Waals surface area (Å²) in [4.78, 5) is 0. The summed E-state index contributed by atoms with van der Waals surface area (Å²) in [5, 5.41) is 3.32. The van der Waals surface area contributed by atoms with E-state index >= 15 is 0 Å². The van der Waals surface area contributed by atoms with Crippen molar-refractivity contribution in [2.75, 3.05) is 6.54 Å². The maximum absolute atomic E-state index is 13.0. The van der Waals surface area contributed by atoms with E-state index in [2.05, 4.69) is 24.4 Å². The third-order valence-electron chi connectivity index (χ3n) is 3.75. The van der Waals surface area contributed by atoms with E-state index in [1.807, 2.05) is 12.1 Å². The lowest BCUT2D eigenvalue weighted by atomic mass is 10.0. The van der Waals surface area contributed by atoms with Crippen LogP contribution in [0.25, 0.3) is 0 Å². The van der Waals surface area contributed by atoms with Crippen LogP contribution in [0, 0.1) is 5.92 Å². The van der Waals surface area contributed by atoms with Gasteiger partial charge in [0.15, 0.2) is 0 Å². The van der Waals surface area contributed by atoms with Gasteiger partial charge in [-0.15, -0.1) is 0 Å². The largest absolute Gasteiger partial charge is 0.312 e. The van der Waals surface area contributed by atoms with E-state index < -0.39 is 5.92 Å². The Morgan fingerprint density at radius 2 is 2.00 bits per heavy atom. The third-order valence-corrected chi connectivity index (χ3v) is 3.75. The lowest BCUT2D eigenvalue weighted by molar-refractivity contribution is 0.00508. The van der Waals surface area contributed by atoms with Crippen LogP contribution in [0.2, 0.25) is 0 Å².